The van der Waals surface area contributed by atoms with E-state index in [1.165, 1.54) is 25.7 Å². The van der Waals surface area contributed by atoms with Gasteiger partial charge in [0.2, 0.25) is 5.91 Å². The van der Waals surface area contributed by atoms with E-state index in [0.29, 0.717) is 11.9 Å². The van der Waals surface area contributed by atoms with E-state index in [1.807, 2.05) is 0 Å². The molecule has 3 nitrogen and oxygen atoms in total. The highest BCUT2D eigenvalue weighted by molar-refractivity contribution is 5.80. The van der Waals surface area contributed by atoms with Crippen LogP contribution in [0.1, 0.15) is 51.9 Å². The van der Waals surface area contributed by atoms with Crippen molar-refractivity contribution in [1.82, 2.24) is 4.90 Å². The first-order valence-corrected chi connectivity index (χ1v) is 6.80. The van der Waals surface area contributed by atoms with Gasteiger partial charge in [0.1, 0.15) is 0 Å². The third-order valence-electron chi connectivity index (χ3n) is 4.28. The van der Waals surface area contributed by atoms with Crippen molar-refractivity contribution in [2.24, 2.45) is 11.7 Å². The summed E-state index contributed by atoms with van der Waals surface area (Å²) in [7, 11) is 0. The summed E-state index contributed by atoms with van der Waals surface area (Å²) in [5, 5.41) is 0. The van der Waals surface area contributed by atoms with E-state index in [-0.39, 0.29) is 12.0 Å². The van der Waals surface area contributed by atoms with Gasteiger partial charge in [-0.05, 0) is 32.6 Å². The smallest absolute Gasteiger partial charge is 0.227 e. The third kappa shape index (κ3) is 2.24. The first kappa shape index (κ1) is 11.9. The van der Waals surface area contributed by atoms with Crippen LogP contribution < -0.4 is 5.73 Å². The molecule has 0 radical (unpaired) electrons. The molecular weight excluding hydrogens is 200 g/mol. The average molecular weight is 224 g/mol. The van der Waals surface area contributed by atoms with Gasteiger partial charge in [-0.1, -0.05) is 19.3 Å². The highest BCUT2D eigenvalue weighted by Crippen LogP contribution is 2.30. The normalized spacial score (nSPS) is 30.9. The van der Waals surface area contributed by atoms with Crippen LogP contribution >= 0.6 is 0 Å². The molecule has 2 unspecified atom stereocenters. The second-order valence-electron chi connectivity index (χ2n) is 5.26. The predicted octanol–water partition coefficient (Wildman–Crippen LogP) is 1.90. The molecule has 0 saturated heterocycles. The Bertz CT molecular complexity index is 248. The number of amides is 1. The van der Waals surface area contributed by atoms with Gasteiger partial charge in [-0.2, -0.15) is 0 Å². The van der Waals surface area contributed by atoms with Crippen LogP contribution in [-0.2, 0) is 4.79 Å². The van der Waals surface area contributed by atoms with Crippen LogP contribution in [0.5, 0.6) is 0 Å². The lowest BCUT2D eigenvalue weighted by atomic mass is 10.0. The maximum atomic E-state index is 12.4. The second-order valence-corrected chi connectivity index (χ2v) is 5.26. The molecule has 2 atom stereocenters. The van der Waals surface area contributed by atoms with Crippen molar-refractivity contribution >= 4 is 5.91 Å². The van der Waals surface area contributed by atoms with Crippen LogP contribution in [-0.4, -0.2) is 29.4 Å². The maximum absolute atomic E-state index is 12.4. The number of carbonyl (C=O) groups excluding carboxylic acids is 1. The Morgan fingerprint density at radius 2 is 1.88 bits per heavy atom. The first-order valence-electron chi connectivity index (χ1n) is 6.80. The standard InChI is InChI=1S/C13H24N2O/c1-2-15(10-6-3-4-7-10)13(16)11-8-5-9-12(11)14/h10-12H,2-9,14H2,1H3. The number of nitrogens with zero attached hydrogens (tertiary/aromatic N) is 1. The minimum absolute atomic E-state index is 0.112. The summed E-state index contributed by atoms with van der Waals surface area (Å²) < 4.78 is 0. The largest absolute Gasteiger partial charge is 0.340 e. The van der Waals surface area contributed by atoms with Gasteiger partial charge in [-0.25, -0.2) is 0 Å². The van der Waals surface area contributed by atoms with Crippen molar-refractivity contribution in [3.63, 3.8) is 0 Å². The minimum atomic E-state index is 0.112. The van der Waals surface area contributed by atoms with Crippen molar-refractivity contribution in [1.29, 1.82) is 0 Å². The zero-order valence-corrected chi connectivity index (χ0v) is 10.3. The van der Waals surface area contributed by atoms with Gasteiger partial charge in [0, 0.05) is 18.6 Å². The van der Waals surface area contributed by atoms with Crippen LogP contribution in [0.2, 0.25) is 0 Å². The molecule has 0 aromatic heterocycles. The molecule has 2 N–H and O–H groups in total. The third-order valence-corrected chi connectivity index (χ3v) is 4.28. The molecule has 1 amide bonds. The Morgan fingerprint density at radius 3 is 2.38 bits per heavy atom. The molecule has 0 bridgehead atoms. The van der Waals surface area contributed by atoms with E-state index in [0.717, 1.165) is 25.8 Å². The summed E-state index contributed by atoms with van der Waals surface area (Å²) in [5.74, 6) is 0.444. The van der Waals surface area contributed by atoms with Crippen LogP contribution in [0.3, 0.4) is 0 Å². The summed E-state index contributed by atoms with van der Waals surface area (Å²) >= 11 is 0. The highest BCUT2D eigenvalue weighted by atomic mass is 16.2. The number of hydrogen-bond donors (Lipinski definition) is 1. The Kier molecular flexibility index (Phi) is 3.85. The van der Waals surface area contributed by atoms with E-state index < -0.39 is 0 Å². The molecule has 2 rings (SSSR count). The summed E-state index contributed by atoms with van der Waals surface area (Å²) in [4.78, 5) is 14.5. The van der Waals surface area contributed by atoms with Gasteiger partial charge in [0.05, 0.1) is 5.92 Å². The molecule has 16 heavy (non-hydrogen) atoms. The van der Waals surface area contributed by atoms with E-state index in [4.69, 9.17) is 5.73 Å². The zero-order chi connectivity index (χ0) is 11.5. The second kappa shape index (κ2) is 5.17. The van der Waals surface area contributed by atoms with Crippen molar-refractivity contribution in [2.75, 3.05) is 6.54 Å². The van der Waals surface area contributed by atoms with Crippen molar-refractivity contribution in [2.45, 2.75) is 64.0 Å². The summed E-state index contributed by atoms with van der Waals surface area (Å²) in [6.45, 7) is 2.95. The molecule has 3 heteroatoms. The zero-order valence-electron chi connectivity index (χ0n) is 10.3. The number of nitrogens with two attached hydrogens (primary N) is 1. The van der Waals surface area contributed by atoms with Gasteiger partial charge < -0.3 is 10.6 Å². The molecule has 92 valence electrons. The molecule has 2 saturated carbocycles. The molecule has 2 aliphatic rings. The average Bonchev–Trinajstić information content (AvgIpc) is 2.90. The Balaban J connectivity index is 1.99. The van der Waals surface area contributed by atoms with Gasteiger partial charge in [0.15, 0.2) is 0 Å². The van der Waals surface area contributed by atoms with E-state index in [9.17, 15) is 4.79 Å². The maximum Gasteiger partial charge on any atom is 0.227 e. The topological polar surface area (TPSA) is 46.3 Å². The van der Waals surface area contributed by atoms with E-state index in [1.54, 1.807) is 0 Å². The van der Waals surface area contributed by atoms with Crippen molar-refractivity contribution < 1.29 is 4.79 Å². The molecule has 0 aromatic rings. The van der Waals surface area contributed by atoms with Gasteiger partial charge in [-0.3, -0.25) is 4.79 Å². The van der Waals surface area contributed by atoms with Gasteiger partial charge in [-0.15, -0.1) is 0 Å². The fraction of sp³-hybridized carbons (Fsp3) is 0.923. The van der Waals surface area contributed by atoms with Crippen molar-refractivity contribution in [3.8, 4) is 0 Å². The molecule has 2 aliphatic carbocycles. The summed E-state index contributed by atoms with van der Waals surface area (Å²) in [5.41, 5.74) is 6.02. The lowest BCUT2D eigenvalue weighted by Crippen LogP contribution is -2.45. The predicted molar refractivity (Wildman–Crippen MR) is 65.0 cm³/mol. The van der Waals surface area contributed by atoms with E-state index >= 15 is 0 Å². The number of carbonyl (C=O) groups is 1. The monoisotopic (exact) mass is 224 g/mol. The van der Waals surface area contributed by atoms with Gasteiger partial charge in [0.25, 0.3) is 0 Å². The quantitative estimate of drug-likeness (QED) is 0.796. The van der Waals surface area contributed by atoms with Crippen LogP contribution in [0.25, 0.3) is 0 Å². The summed E-state index contributed by atoms with van der Waals surface area (Å²) in [6.07, 6.45) is 8.11. The Labute approximate surface area is 98.4 Å². The number of rotatable bonds is 3. The van der Waals surface area contributed by atoms with Crippen LogP contribution in [0.4, 0.5) is 0 Å². The first-order chi connectivity index (χ1) is 7.74. The molecule has 0 aromatic carbocycles. The Morgan fingerprint density at radius 1 is 1.19 bits per heavy atom. The van der Waals surface area contributed by atoms with Crippen LogP contribution in [0.15, 0.2) is 0 Å². The number of hydrogen-bond acceptors (Lipinski definition) is 2. The van der Waals surface area contributed by atoms with Crippen LogP contribution in [0, 0.1) is 5.92 Å². The minimum Gasteiger partial charge on any atom is -0.340 e. The molecule has 0 heterocycles. The molecule has 0 spiro atoms. The lowest BCUT2D eigenvalue weighted by Gasteiger charge is -2.31. The molecular formula is C13H24N2O. The lowest BCUT2D eigenvalue weighted by molar-refractivity contribution is -0.137. The highest BCUT2D eigenvalue weighted by Gasteiger charge is 2.35. The van der Waals surface area contributed by atoms with E-state index in [2.05, 4.69) is 11.8 Å². The Hall–Kier alpha value is -0.570. The summed E-state index contributed by atoms with van der Waals surface area (Å²) in [6, 6.07) is 0.619. The van der Waals surface area contributed by atoms with Gasteiger partial charge >= 0.3 is 0 Å². The van der Waals surface area contributed by atoms with Crippen molar-refractivity contribution in [3.05, 3.63) is 0 Å². The molecule has 2 fully saturated rings. The molecule has 0 aliphatic heterocycles. The SMILES string of the molecule is CCN(C(=O)C1CCCC1N)C1CCCC1. The fourth-order valence-electron chi connectivity index (χ4n) is 3.32. The fourth-order valence-corrected chi connectivity index (χ4v) is 3.32.